The van der Waals surface area contributed by atoms with Crippen LogP contribution >= 0.6 is 15.9 Å². The third kappa shape index (κ3) is 1.82. The van der Waals surface area contributed by atoms with Crippen molar-refractivity contribution in [1.82, 2.24) is 0 Å². The second-order valence-corrected chi connectivity index (χ2v) is 6.73. The SMILES string of the molecule is CC1(C)C(Nc2cc(F)c(Br)cc2N)C1(C)C. The summed E-state index contributed by atoms with van der Waals surface area (Å²) in [6.07, 6.45) is 0. The van der Waals surface area contributed by atoms with E-state index in [2.05, 4.69) is 48.9 Å². The molecule has 4 heteroatoms. The van der Waals surface area contributed by atoms with E-state index in [1.54, 1.807) is 6.07 Å². The van der Waals surface area contributed by atoms with Crippen LogP contribution < -0.4 is 11.1 Å². The molecule has 0 aliphatic heterocycles. The first-order chi connectivity index (χ1) is 7.68. The Morgan fingerprint density at radius 2 is 1.76 bits per heavy atom. The first-order valence-corrected chi connectivity index (χ1v) is 6.48. The fourth-order valence-corrected chi connectivity index (χ4v) is 2.76. The molecule has 0 amide bonds. The van der Waals surface area contributed by atoms with Crippen LogP contribution in [0.3, 0.4) is 0 Å². The molecule has 0 aromatic heterocycles. The van der Waals surface area contributed by atoms with Gasteiger partial charge in [0.25, 0.3) is 0 Å². The zero-order valence-corrected chi connectivity index (χ0v) is 12.2. The molecule has 0 bridgehead atoms. The predicted octanol–water partition coefficient (Wildman–Crippen LogP) is 4.02. The molecule has 3 N–H and O–H groups in total. The maximum Gasteiger partial charge on any atom is 0.139 e. The van der Waals surface area contributed by atoms with Crippen LogP contribution in [0.5, 0.6) is 0 Å². The summed E-state index contributed by atoms with van der Waals surface area (Å²) in [6, 6.07) is 3.36. The van der Waals surface area contributed by atoms with Crippen LogP contribution in [0.1, 0.15) is 27.7 Å². The maximum absolute atomic E-state index is 13.5. The lowest BCUT2D eigenvalue weighted by molar-refractivity contribution is 0.457. The zero-order valence-electron chi connectivity index (χ0n) is 10.6. The van der Waals surface area contributed by atoms with Crippen molar-refractivity contribution in [3.05, 3.63) is 22.4 Å². The van der Waals surface area contributed by atoms with Crippen molar-refractivity contribution in [1.29, 1.82) is 0 Å². The van der Waals surface area contributed by atoms with Crippen molar-refractivity contribution in [2.75, 3.05) is 11.1 Å². The summed E-state index contributed by atoms with van der Waals surface area (Å²) in [5.41, 5.74) is 7.52. The van der Waals surface area contributed by atoms with Crippen molar-refractivity contribution in [2.45, 2.75) is 33.7 Å². The third-order valence-corrected chi connectivity index (χ3v) is 5.02. The number of nitrogens with one attached hydrogen (secondary N) is 1. The van der Waals surface area contributed by atoms with Gasteiger partial charge in [-0.3, -0.25) is 0 Å². The number of nitrogen functional groups attached to an aromatic ring is 1. The number of benzene rings is 1. The van der Waals surface area contributed by atoms with Gasteiger partial charge in [-0.1, -0.05) is 27.7 Å². The molecule has 0 radical (unpaired) electrons. The normalized spacial score (nSPS) is 21.3. The molecular weight excluding hydrogens is 283 g/mol. The van der Waals surface area contributed by atoms with E-state index in [1.807, 2.05) is 0 Å². The molecule has 1 aromatic carbocycles. The van der Waals surface area contributed by atoms with Gasteiger partial charge in [0.2, 0.25) is 0 Å². The van der Waals surface area contributed by atoms with Gasteiger partial charge in [-0.25, -0.2) is 4.39 Å². The predicted molar refractivity (Wildman–Crippen MR) is 73.5 cm³/mol. The highest BCUT2D eigenvalue weighted by Gasteiger charge is 2.65. The van der Waals surface area contributed by atoms with Crippen LogP contribution in [0.4, 0.5) is 15.8 Å². The Morgan fingerprint density at radius 3 is 2.24 bits per heavy atom. The van der Waals surface area contributed by atoms with E-state index < -0.39 is 0 Å². The molecule has 1 aliphatic carbocycles. The van der Waals surface area contributed by atoms with Crippen LogP contribution in [0, 0.1) is 16.6 Å². The van der Waals surface area contributed by atoms with Crippen LogP contribution in [0.15, 0.2) is 16.6 Å². The molecule has 1 aromatic rings. The van der Waals surface area contributed by atoms with Gasteiger partial charge in [0, 0.05) is 12.1 Å². The molecule has 1 saturated carbocycles. The molecule has 2 rings (SSSR count). The minimum atomic E-state index is -0.294. The van der Waals surface area contributed by atoms with E-state index in [1.165, 1.54) is 6.07 Å². The molecule has 17 heavy (non-hydrogen) atoms. The molecule has 1 fully saturated rings. The average molecular weight is 301 g/mol. The summed E-state index contributed by atoms with van der Waals surface area (Å²) in [6.45, 7) is 8.82. The van der Waals surface area contributed by atoms with Gasteiger partial charge in [-0.2, -0.15) is 0 Å². The Balaban J connectivity index is 2.25. The fraction of sp³-hybridized carbons (Fsp3) is 0.538. The van der Waals surface area contributed by atoms with Crippen LogP contribution in [0.2, 0.25) is 0 Å². The Hall–Kier alpha value is -0.770. The largest absolute Gasteiger partial charge is 0.397 e. The van der Waals surface area contributed by atoms with E-state index in [0.717, 1.165) is 0 Å². The summed E-state index contributed by atoms with van der Waals surface area (Å²) in [5.74, 6) is -0.294. The van der Waals surface area contributed by atoms with Crippen LogP contribution in [0.25, 0.3) is 0 Å². The zero-order chi connectivity index (χ0) is 13.0. The molecule has 0 spiro atoms. The van der Waals surface area contributed by atoms with E-state index in [0.29, 0.717) is 21.9 Å². The van der Waals surface area contributed by atoms with Gasteiger partial charge in [-0.15, -0.1) is 0 Å². The number of hydrogen-bond acceptors (Lipinski definition) is 2. The summed E-state index contributed by atoms with van der Waals surface area (Å²) in [4.78, 5) is 0. The second-order valence-electron chi connectivity index (χ2n) is 5.87. The van der Waals surface area contributed by atoms with E-state index >= 15 is 0 Å². The van der Waals surface area contributed by atoms with Gasteiger partial charge < -0.3 is 11.1 Å². The lowest BCUT2D eigenvalue weighted by Crippen LogP contribution is -2.11. The van der Waals surface area contributed by atoms with Crippen molar-refractivity contribution >= 4 is 27.3 Å². The molecule has 1 aliphatic rings. The molecule has 0 heterocycles. The van der Waals surface area contributed by atoms with Crippen molar-refractivity contribution in [3.8, 4) is 0 Å². The highest BCUT2D eigenvalue weighted by molar-refractivity contribution is 9.10. The first kappa shape index (κ1) is 12.7. The average Bonchev–Trinajstić information content (AvgIpc) is 2.57. The Bertz CT molecular complexity index is 455. The van der Waals surface area contributed by atoms with E-state index in [-0.39, 0.29) is 16.6 Å². The highest BCUT2D eigenvalue weighted by Crippen LogP contribution is 2.63. The fourth-order valence-electron chi connectivity index (χ4n) is 2.40. The number of hydrogen-bond donors (Lipinski definition) is 2. The van der Waals surface area contributed by atoms with Crippen LogP contribution in [-0.4, -0.2) is 6.04 Å². The molecule has 0 unspecified atom stereocenters. The molecular formula is C13H18BrFN2. The van der Waals surface area contributed by atoms with Crippen LogP contribution in [-0.2, 0) is 0 Å². The Labute approximate surface area is 110 Å². The van der Waals surface area contributed by atoms with E-state index in [9.17, 15) is 4.39 Å². The number of halogens is 2. The number of anilines is 2. The Kier molecular flexibility index (Phi) is 2.69. The standard InChI is InChI=1S/C13H18BrFN2/c1-12(2)11(13(12,3)4)17-10-6-8(15)7(14)5-9(10)16/h5-6,11,17H,16H2,1-4H3. The molecule has 0 atom stereocenters. The molecule has 2 nitrogen and oxygen atoms in total. The monoisotopic (exact) mass is 300 g/mol. The van der Waals surface area contributed by atoms with Gasteiger partial charge in [-0.05, 0) is 32.8 Å². The van der Waals surface area contributed by atoms with Gasteiger partial charge >= 0.3 is 0 Å². The van der Waals surface area contributed by atoms with Gasteiger partial charge in [0.15, 0.2) is 0 Å². The quantitative estimate of drug-likeness (QED) is 0.810. The highest BCUT2D eigenvalue weighted by atomic mass is 79.9. The number of nitrogens with two attached hydrogens (primary N) is 1. The summed E-state index contributed by atoms with van der Waals surface area (Å²) >= 11 is 3.12. The van der Waals surface area contributed by atoms with Gasteiger partial charge in [0.05, 0.1) is 15.8 Å². The van der Waals surface area contributed by atoms with Gasteiger partial charge in [0.1, 0.15) is 5.82 Å². The van der Waals surface area contributed by atoms with E-state index in [4.69, 9.17) is 5.73 Å². The summed E-state index contributed by atoms with van der Waals surface area (Å²) in [7, 11) is 0. The summed E-state index contributed by atoms with van der Waals surface area (Å²) in [5, 5.41) is 3.35. The third-order valence-electron chi connectivity index (χ3n) is 4.41. The molecule has 94 valence electrons. The second kappa shape index (κ2) is 3.61. The van der Waals surface area contributed by atoms with Crippen molar-refractivity contribution in [3.63, 3.8) is 0 Å². The first-order valence-electron chi connectivity index (χ1n) is 5.69. The minimum Gasteiger partial charge on any atom is -0.397 e. The van der Waals surface area contributed by atoms with Crippen molar-refractivity contribution in [2.24, 2.45) is 10.8 Å². The lowest BCUT2D eigenvalue weighted by atomic mass is 10.0. The number of rotatable bonds is 2. The van der Waals surface area contributed by atoms with Crippen molar-refractivity contribution < 1.29 is 4.39 Å². The lowest BCUT2D eigenvalue weighted by Gasteiger charge is -2.12. The minimum absolute atomic E-state index is 0.197. The maximum atomic E-state index is 13.5. The topological polar surface area (TPSA) is 38.0 Å². The molecule has 0 saturated heterocycles. The summed E-state index contributed by atoms with van der Waals surface area (Å²) < 4.78 is 13.9. The smallest absolute Gasteiger partial charge is 0.139 e. The Morgan fingerprint density at radius 1 is 1.24 bits per heavy atom.